The van der Waals surface area contributed by atoms with Crippen LogP contribution < -0.4 is 10.3 Å². The van der Waals surface area contributed by atoms with Crippen LogP contribution in [0, 0.1) is 6.92 Å². The van der Waals surface area contributed by atoms with Crippen molar-refractivity contribution in [3.8, 4) is 5.75 Å². The summed E-state index contributed by atoms with van der Waals surface area (Å²) >= 11 is 0. The molecule has 3 rings (SSSR count). The highest BCUT2D eigenvalue weighted by atomic mass is 16.5. The number of ether oxygens (including phenoxy) is 1. The molecule has 0 aromatic carbocycles. The van der Waals surface area contributed by atoms with E-state index < -0.39 is 0 Å². The van der Waals surface area contributed by atoms with Crippen LogP contribution >= 0.6 is 0 Å². The Hall–Kier alpha value is -2.37. The molecule has 0 bridgehead atoms. The molecule has 0 spiro atoms. The lowest BCUT2D eigenvalue weighted by Crippen LogP contribution is -2.28. The average Bonchev–Trinajstić information content (AvgIpc) is 2.73. The van der Waals surface area contributed by atoms with Crippen LogP contribution in [0.4, 0.5) is 0 Å². The minimum absolute atomic E-state index is 0.158. The zero-order valence-corrected chi connectivity index (χ0v) is 10.6. The van der Waals surface area contributed by atoms with E-state index in [1.54, 1.807) is 30.9 Å². The Balaban J connectivity index is 2.19. The van der Waals surface area contributed by atoms with E-state index >= 15 is 0 Å². The van der Waals surface area contributed by atoms with Gasteiger partial charge in [-0.25, -0.2) is 0 Å². The third kappa shape index (κ3) is 1.95. The number of aromatic nitrogens is 3. The highest BCUT2D eigenvalue weighted by Crippen LogP contribution is 2.36. The number of pyridine rings is 1. The number of hydrogen-bond acceptors (Lipinski definition) is 4. The first-order chi connectivity index (χ1) is 9.04. The number of carbonyl (C=O) groups excluding carboxylic acids is 1. The van der Waals surface area contributed by atoms with Gasteiger partial charge in [-0.05, 0) is 12.5 Å². The van der Waals surface area contributed by atoms with Crippen molar-refractivity contribution in [2.45, 2.75) is 19.3 Å². The number of carbonyl (C=O) groups is 1. The Morgan fingerprint density at radius 2 is 2.26 bits per heavy atom. The molecular formula is C13H13N3O3. The van der Waals surface area contributed by atoms with E-state index in [1.165, 1.54) is 0 Å². The van der Waals surface area contributed by atoms with Gasteiger partial charge in [-0.15, -0.1) is 0 Å². The molecule has 6 heteroatoms. The monoisotopic (exact) mass is 259 g/mol. The van der Waals surface area contributed by atoms with Crippen LogP contribution in [0.2, 0.25) is 0 Å². The highest BCUT2D eigenvalue weighted by Gasteiger charge is 2.32. The van der Waals surface area contributed by atoms with E-state index in [-0.39, 0.29) is 23.9 Å². The van der Waals surface area contributed by atoms with Crippen molar-refractivity contribution in [1.82, 2.24) is 14.8 Å². The van der Waals surface area contributed by atoms with Gasteiger partial charge in [-0.1, -0.05) is 0 Å². The summed E-state index contributed by atoms with van der Waals surface area (Å²) in [5, 5.41) is 4.09. The number of fused-ring (bicyclic) bond motifs is 1. The topological polar surface area (TPSA) is 77.0 Å². The van der Waals surface area contributed by atoms with Crippen LogP contribution in [0.25, 0.3) is 0 Å². The van der Waals surface area contributed by atoms with Gasteiger partial charge in [0.15, 0.2) is 0 Å². The van der Waals surface area contributed by atoms with Crippen molar-refractivity contribution in [2.75, 3.05) is 0 Å². The second kappa shape index (κ2) is 4.08. The van der Waals surface area contributed by atoms with Gasteiger partial charge in [0.1, 0.15) is 5.75 Å². The first-order valence-electron chi connectivity index (χ1n) is 5.97. The second-order valence-corrected chi connectivity index (χ2v) is 4.74. The molecule has 1 N–H and O–H groups in total. The molecule has 1 aliphatic heterocycles. The van der Waals surface area contributed by atoms with Gasteiger partial charge in [-0.2, -0.15) is 5.10 Å². The summed E-state index contributed by atoms with van der Waals surface area (Å²) < 4.78 is 6.82. The maximum absolute atomic E-state index is 12.1. The summed E-state index contributed by atoms with van der Waals surface area (Å²) in [5.74, 6) is -0.271. The van der Waals surface area contributed by atoms with Gasteiger partial charge in [0, 0.05) is 30.9 Å². The SMILES string of the molecule is Cc1cc2c(c(=O)[nH]1)[C@@H](c1cnn(C)c1)CC(=O)O2. The fourth-order valence-electron chi connectivity index (χ4n) is 2.42. The number of aryl methyl sites for hydroxylation is 2. The van der Waals surface area contributed by atoms with Crippen molar-refractivity contribution in [1.29, 1.82) is 0 Å². The molecule has 0 fully saturated rings. The van der Waals surface area contributed by atoms with E-state index in [0.717, 1.165) is 5.56 Å². The molecule has 0 saturated carbocycles. The number of hydrogen-bond donors (Lipinski definition) is 1. The molecule has 6 nitrogen and oxygen atoms in total. The predicted octanol–water partition coefficient (Wildman–Crippen LogP) is 0.858. The Labute approximate surface area is 109 Å². The molecule has 0 radical (unpaired) electrons. The van der Waals surface area contributed by atoms with Gasteiger partial charge >= 0.3 is 5.97 Å². The zero-order chi connectivity index (χ0) is 13.6. The Kier molecular flexibility index (Phi) is 2.51. The minimum atomic E-state index is -0.327. The first-order valence-corrected chi connectivity index (χ1v) is 5.97. The van der Waals surface area contributed by atoms with Gasteiger partial charge in [-0.3, -0.25) is 14.3 Å². The first kappa shape index (κ1) is 11.7. The van der Waals surface area contributed by atoms with Gasteiger partial charge in [0.05, 0.1) is 18.2 Å². The summed E-state index contributed by atoms with van der Waals surface area (Å²) in [6, 6.07) is 1.68. The number of H-pyrrole nitrogens is 1. The van der Waals surface area contributed by atoms with Gasteiger partial charge in [0.2, 0.25) is 0 Å². The third-order valence-corrected chi connectivity index (χ3v) is 3.24. The van der Waals surface area contributed by atoms with Crippen LogP contribution in [0.15, 0.2) is 23.3 Å². The smallest absolute Gasteiger partial charge is 0.312 e. The summed E-state index contributed by atoms with van der Waals surface area (Å²) in [7, 11) is 1.80. The van der Waals surface area contributed by atoms with E-state index in [4.69, 9.17) is 4.74 Å². The van der Waals surface area contributed by atoms with Crippen LogP contribution in [0.5, 0.6) is 5.75 Å². The largest absolute Gasteiger partial charge is 0.426 e. The number of aromatic amines is 1. The number of nitrogens with one attached hydrogen (secondary N) is 1. The fourth-order valence-corrected chi connectivity index (χ4v) is 2.42. The molecule has 98 valence electrons. The maximum atomic E-state index is 12.1. The maximum Gasteiger partial charge on any atom is 0.312 e. The number of rotatable bonds is 1. The van der Waals surface area contributed by atoms with Gasteiger partial charge < -0.3 is 9.72 Å². The molecule has 3 heterocycles. The standard InChI is InChI=1S/C13H13N3O3/c1-7-3-10-12(13(18)15-7)9(4-11(17)19-10)8-5-14-16(2)6-8/h3,5-6,9H,4H2,1-2H3,(H,15,18)/t9-/m1/s1. The van der Waals surface area contributed by atoms with Crippen LogP contribution in [-0.4, -0.2) is 20.7 Å². The van der Waals surface area contributed by atoms with Gasteiger partial charge in [0.25, 0.3) is 5.56 Å². The molecule has 0 aliphatic carbocycles. The molecule has 2 aromatic rings. The number of nitrogens with zero attached hydrogens (tertiary/aromatic N) is 2. The molecule has 0 unspecified atom stereocenters. The Bertz CT molecular complexity index is 714. The van der Waals surface area contributed by atoms with E-state index in [1.807, 2.05) is 6.20 Å². The van der Waals surface area contributed by atoms with Crippen molar-refractivity contribution in [2.24, 2.45) is 7.05 Å². The van der Waals surface area contributed by atoms with E-state index in [2.05, 4.69) is 10.1 Å². The van der Waals surface area contributed by atoms with Crippen LogP contribution in [-0.2, 0) is 11.8 Å². The predicted molar refractivity (Wildman–Crippen MR) is 67.1 cm³/mol. The summed E-state index contributed by atoms with van der Waals surface area (Å²) in [4.78, 5) is 26.5. The lowest BCUT2D eigenvalue weighted by molar-refractivity contribution is -0.135. The van der Waals surface area contributed by atoms with E-state index in [9.17, 15) is 9.59 Å². The Morgan fingerprint density at radius 1 is 1.47 bits per heavy atom. The van der Waals surface area contributed by atoms with Crippen LogP contribution in [0.3, 0.4) is 0 Å². The molecule has 1 aliphatic rings. The highest BCUT2D eigenvalue weighted by molar-refractivity contribution is 5.77. The lowest BCUT2D eigenvalue weighted by Gasteiger charge is -2.22. The molecular weight excluding hydrogens is 246 g/mol. The summed E-state index contributed by atoms with van der Waals surface area (Å²) in [6.45, 7) is 1.75. The van der Waals surface area contributed by atoms with Crippen molar-refractivity contribution < 1.29 is 9.53 Å². The summed E-state index contributed by atoms with van der Waals surface area (Å²) in [6.07, 6.45) is 3.64. The molecule has 1 atom stereocenters. The van der Waals surface area contributed by atoms with Crippen molar-refractivity contribution >= 4 is 5.97 Å². The van der Waals surface area contributed by atoms with Crippen molar-refractivity contribution in [3.63, 3.8) is 0 Å². The second-order valence-electron chi connectivity index (χ2n) is 4.74. The molecule has 0 saturated heterocycles. The third-order valence-electron chi connectivity index (χ3n) is 3.24. The molecule has 2 aromatic heterocycles. The lowest BCUT2D eigenvalue weighted by atomic mass is 9.89. The fraction of sp³-hybridized carbons (Fsp3) is 0.308. The van der Waals surface area contributed by atoms with Crippen LogP contribution in [0.1, 0.15) is 29.2 Å². The zero-order valence-electron chi connectivity index (χ0n) is 10.6. The summed E-state index contributed by atoms with van der Waals surface area (Å²) in [5.41, 5.74) is 1.80. The molecule has 19 heavy (non-hydrogen) atoms. The normalized spacial score (nSPS) is 18.0. The van der Waals surface area contributed by atoms with E-state index in [0.29, 0.717) is 17.0 Å². The average molecular weight is 259 g/mol. The number of esters is 1. The Morgan fingerprint density at radius 3 is 2.95 bits per heavy atom. The minimum Gasteiger partial charge on any atom is -0.426 e. The van der Waals surface area contributed by atoms with Crippen molar-refractivity contribution in [3.05, 3.63) is 45.6 Å². The molecule has 0 amide bonds. The quantitative estimate of drug-likeness (QED) is 0.770.